The fourth-order valence-corrected chi connectivity index (χ4v) is 3.89. The molecule has 0 saturated carbocycles. The zero-order valence-corrected chi connectivity index (χ0v) is 15.6. The molecule has 2 heterocycles. The van der Waals surface area contributed by atoms with Crippen LogP contribution in [0.3, 0.4) is 0 Å². The predicted octanol–water partition coefficient (Wildman–Crippen LogP) is 5.84. The molecule has 3 nitrogen and oxygen atoms in total. The van der Waals surface area contributed by atoms with Gasteiger partial charge in [0.15, 0.2) is 0 Å². The molecule has 0 fully saturated rings. The van der Waals surface area contributed by atoms with Crippen molar-refractivity contribution in [2.24, 2.45) is 11.8 Å². The molecule has 0 N–H and O–H groups in total. The second-order valence-corrected chi connectivity index (χ2v) is 7.36. The number of fused-ring (bicyclic) bond motifs is 1. The standard InChI is InChI=1S/C24H22N2O/c1-16-13-18-11-12-27-24(18)22(17(16)2)10-9-21-8-7-20(15-26-21)23-6-4-3-5-19(23)14-25/h3-12,15-17,22H,13H2,1-2H3/b10-9+. The molecule has 27 heavy (non-hydrogen) atoms. The number of nitriles is 1. The topological polar surface area (TPSA) is 49.8 Å². The van der Waals surface area contributed by atoms with Crippen molar-refractivity contribution in [3.63, 3.8) is 0 Å². The van der Waals surface area contributed by atoms with Gasteiger partial charge in [-0.3, -0.25) is 4.98 Å². The third kappa shape index (κ3) is 3.31. The zero-order valence-electron chi connectivity index (χ0n) is 15.6. The Bertz CT molecular complexity index is 1010. The Kier molecular flexibility index (Phi) is 4.64. The molecule has 1 aliphatic carbocycles. The summed E-state index contributed by atoms with van der Waals surface area (Å²) in [7, 11) is 0. The van der Waals surface area contributed by atoms with Crippen LogP contribution in [0.4, 0.5) is 0 Å². The third-order valence-electron chi connectivity index (χ3n) is 5.71. The van der Waals surface area contributed by atoms with E-state index in [1.165, 1.54) is 5.56 Å². The van der Waals surface area contributed by atoms with E-state index in [1.807, 2.05) is 42.6 Å². The van der Waals surface area contributed by atoms with Gasteiger partial charge < -0.3 is 4.42 Å². The van der Waals surface area contributed by atoms with Gasteiger partial charge in [-0.25, -0.2) is 0 Å². The molecule has 1 aliphatic rings. The van der Waals surface area contributed by atoms with Crippen LogP contribution in [0.5, 0.6) is 0 Å². The molecule has 3 aromatic rings. The molecule has 0 aliphatic heterocycles. The second-order valence-electron chi connectivity index (χ2n) is 7.36. The molecule has 0 amide bonds. The zero-order chi connectivity index (χ0) is 18.8. The van der Waals surface area contributed by atoms with Crippen molar-refractivity contribution in [3.05, 3.63) is 83.6 Å². The van der Waals surface area contributed by atoms with Crippen molar-refractivity contribution < 1.29 is 4.42 Å². The third-order valence-corrected chi connectivity index (χ3v) is 5.71. The number of benzene rings is 1. The summed E-state index contributed by atoms with van der Waals surface area (Å²) >= 11 is 0. The maximum absolute atomic E-state index is 9.28. The molecule has 0 radical (unpaired) electrons. The Hall–Kier alpha value is -3.12. The van der Waals surface area contributed by atoms with E-state index in [2.05, 4.69) is 43.1 Å². The van der Waals surface area contributed by atoms with Crippen LogP contribution in [0.15, 0.2) is 65.4 Å². The fourth-order valence-electron chi connectivity index (χ4n) is 3.89. The molecule has 134 valence electrons. The monoisotopic (exact) mass is 354 g/mol. The van der Waals surface area contributed by atoms with Gasteiger partial charge >= 0.3 is 0 Å². The highest BCUT2D eigenvalue weighted by molar-refractivity contribution is 5.70. The molecule has 3 atom stereocenters. The number of allylic oxidation sites excluding steroid dienone is 1. The molecule has 2 aromatic heterocycles. The number of hydrogen-bond acceptors (Lipinski definition) is 3. The van der Waals surface area contributed by atoms with E-state index in [9.17, 15) is 5.26 Å². The molecule has 3 unspecified atom stereocenters. The van der Waals surface area contributed by atoms with Crippen LogP contribution in [0, 0.1) is 23.2 Å². The van der Waals surface area contributed by atoms with E-state index in [1.54, 1.807) is 6.26 Å². The minimum absolute atomic E-state index is 0.277. The average Bonchev–Trinajstić information content (AvgIpc) is 3.16. The van der Waals surface area contributed by atoms with Gasteiger partial charge in [0.05, 0.1) is 23.6 Å². The highest BCUT2D eigenvalue weighted by Crippen LogP contribution is 2.41. The first-order valence-corrected chi connectivity index (χ1v) is 9.37. The van der Waals surface area contributed by atoms with Gasteiger partial charge in [-0.15, -0.1) is 0 Å². The number of pyridine rings is 1. The first kappa shape index (κ1) is 17.3. The van der Waals surface area contributed by atoms with Crippen LogP contribution in [-0.2, 0) is 6.42 Å². The van der Waals surface area contributed by atoms with E-state index in [0.29, 0.717) is 17.4 Å². The number of hydrogen-bond donors (Lipinski definition) is 0. The minimum Gasteiger partial charge on any atom is -0.468 e. The summed E-state index contributed by atoms with van der Waals surface area (Å²) < 4.78 is 5.78. The Morgan fingerprint density at radius 1 is 1.15 bits per heavy atom. The smallest absolute Gasteiger partial charge is 0.114 e. The molecule has 1 aromatic carbocycles. The highest BCUT2D eigenvalue weighted by atomic mass is 16.3. The summed E-state index contributed by atoms with van der Waals surface area (Å²) in [6.45, 7) is 4.60. The molecule has 0 saturated heterocycles. The maximum atomic E-state index is 9.28. The van der Waals surface area contributed by atoms with Crippen molar-refractivity contribution in [1.29, 1.82) is 5.26 Å². The number of nitrogens with zero attached hydrogens (tertiary/aromatic N) is 2. The van der Waals surface area contributed by atoms with Crippen LogP contribution in [0.25, 0.3) is 17.2 Å². The largest absolute Gasteiger partial charge is 0.468 e. The molecular formula is C24H22N2O. The van der Waals surface area contributed by atoms with E-state index in [4.69, 9.17) is 4.42 Å². The quantitative estimate of drug-likeness (QED) is 0.594. The normalized spacial score (nSPS) is 21.7. The number of aromatic nitrogens is 1. The summed E-state index contributed by atoms with van der Waals surface area (Å²) in [5.41, 5.74) is 4.77. The molecular weight excluding hydrogens is 332 g/mol. The summed E-state index contributed by atoms with van der Waals surface area (Å²) in [6.07, 6.45) is 9.01. The lowest BCUT2D eigenvalue weighted by Crippen LogP contribution is -2.23. The van der Waals surface area contributed by atoms with E-state index in [-0.39, 0.29) is 5.92 Å². The van der Waals surface area contributed by atoms with Gasteiger partial charge in [0, 0.05) is 23.2 Å². The van der Waals surface area contributed by atoms with Crippen LogP contribution >= 0.6 is 0 Å². The Morgan fingerprint density at radius 2 is 2.00 bits per heavy atom. The Morgan fingerprint density at radius 3 is 2.78 bits per heavy atom. The van der Waals surface area contributed by atoms with Gasteiger partial charge in [-0.05, 0) is 48.1 Å². The van der Waals surface area contributed by atoms with Crippen molar-refractivity contribution in [1.82, 2.24) is 4.98 Å². The predicted molar refractivity (Wildman–Crippen MR) is 107 cm³/mol. The second kappa shape index (κ2) is 7.25. The molecule has 3 heteroatoms. The van der Waals surface area contributed by atoms with Gasteiger partial charge in [-0.2, -0.15) is 5.26 Å². The van der Waals surface area contributed by atoms with Crippen molar-refractivity contribution >= 4 is 6.08 Å². The SMILES string of the molecule is CC1Cc2ccoc2C(/C=C/c2ccc(-c3ccccc3C#N)cn2)C1C. The van der Waals surface area contributed by atoms with Crippen LogP contribution in [0.1, 0.15) is 42.3 Å². The van der Waals surface area contributed by atoms with Crippen molar-refractivity contribution in [2.75, 3.05) is 0 Å². The van der Waals surface area contributed by atoms with Gasteiger partial charge in [-0.1, -0.05) is 44.2 Å². The number of furan rings is 1. The summed E-state index contributed by atoms with van der Waals surface area (Å²) in [5, 5.41) is 9.28. The number of rotatable bonds is 3. The van der Waals surface area contributed by atoms with Gasteiger partial charge in [0.1, 0.15) is 5.76 Å². The Balaban J connectivity index is 1.58. The summed E-state index contributed by atoms with van der Waals surface area (Å²) in [5.74, 6) is 2.53. The average molecular weight is 354 g/mol. The van der Waals surface area contributed by atoms with Crippen molar-refractivity contribution in [2.45, 2.75) is 26.2 Å². The Labute approximate surface area is 160 Å². The molecule has 4 rings (SSSR count). The van der Waals surface area contributed by atoms with Crippen LogP contribution in [-0.4, -0.2) is 4.98 Å². The van der Waals surface area contributed by atoms with E-state index in [0.717, 1.165) is 29.0 Å². The van der Waals surface area contributed by atoms with Crippen molar-refractivity contribution in [3.8, 4) is 17.2 Å². The molecule has 0 spiro atoms. The van der Waals surface area contributed by atoms with E-state index < -0.39 is 0 Å². The van der Waals surface area contributed by atoms with Crippen LogP contribution < -0.4 is 0 Å². The fraction of sp³-hybridized carbons (Fsp3) is 0.250. The molecule has 0 bridgehead atoms. The first-order valence-electron chi connectivity index (χ1n) is 9.37. The highest BCUT2D eigenvalue weighted by Gasteiger charge is 2.32. The van der Waals surface area contributed by atoms with E-state index >= 15 is 0 Å². The first-order chi connectivity index (χ1) is 13.2. The van der Waals surface area contributed by atoms with Gasteiger partial charge in [0.25, 0.3) is 0 Å². The van der Waals surface area contributed by atoms with Crippen LogP contribution in [0.2, 0.25) is 0 Å². The lowest BCUT2D eigenvalue weighted by Gasteiger charge is -2.31. The lowest BCUT2D eigenvalue weighted by molar-refractivity contribution is 0.295. The summed E-state index contributed by atoms with van der Waals surface area (Å²) in [6, 6.07) is 16.0. The minimum atomic E-state index is 0.277. The lowest BCUT2D eigenvalue weighted by atomic mass is 9.73. The summed E-state index contributed by atoms with van der Waals surface area (Å²) in [4.78, 5) is 4.58. The van der Waals surface area contributed by atoms with Gasteiger partial charge in [0.2, 0.25) is 0 Å². The maximum Gasteiger partial charge on any atom is 0.114 e.